The minimum absolute atomic E-state index is 0.413. The lowest BCUT2D eigenvalue weighted by atomic mass is 9.89. The van der Waals surface area contributed by atoms with E-state index in [4.69, 9.17) is 11.3 Å². The number of anilines is 3. The van der Waals surface area contributed by atoms with Crippen LogP contribution in [0.25, 0.3) is 4.85 Å². The highest BCUT2D eigenvalue weighted by Crippen LogP contribution is 2.47. The van der Waals surface area contributed by atoms with Crippen LogP contribution in [0.15, 0.2) is 30.5 Å². The van der Waals surface area contributed by atoms with E-state index < -0.39 is 0 Å². The normalized spacial score (nSPS) is 23.6. The van der Waals surface area contributed by atoms with E-state index in [-0.39, 0.29) is 0 Å². The maximum absolute atomic E-state index is 7.02. The number of pyridine rings is 1. The first-order valence-corrected chi connectivity index (χ1v) is 9.16. The molecule has 132 valence electrons. The fraction of sp³-hybridized carbons (Fsp3) is 0.400. The SMILES string of the molecule is [C-]#[N+]c1ccc(Nc2cc3c4c(c2)[C@@H]2CNCC[C@@H]2N4CCOC3)cn1. The summed E-state index contributed by atoms with van der Waals surface area (Å²) in [6.45, 7) is 11.6. The van der Waals surface area contributed by atoms with E-state index in [9.17, 15) is 0 Å². The second-order valence-corrected chi connectivity index (χ2v) is 7.13. The number of benzene rings is 1. The number of nitrogens with zero attached hydrogens (tertiary/aromatic N) is 3. The second-order valence-electron chi connectivity index (χ2n) is 7.13. The highest BCUT2D eigenvalue weighted by Gasteiger charge is 2.41. The standard InChI is InChI=1S/C20H21N5O/c1-21-19-3-2-14(10-23-19)24-15-8-13-12-26-7-6-25-18-4-5-22-11-17(18)16(9-15)20(13)25/h2-3,8-10,17-18,22,24H,4-7,11-12H2/t17-,18-/m0/s1. The highest BCUT2D eigenvalue weighted by molar-refractivity contribution is 5.74. The molecular weight excluding hydrogens is 326 g/mol. The van der Waals surface area contributed by atoms with Gasteiger partial charge in [0.2, 0.25) is 0 Å². The summed E-state index contributed by atoms with van der Waals surface area (Å²) in [5, 5.41) is 7.02. The number of ether oxygens (including phenoxy) is 1. The Labute approximate surface area is 153 Å². The van der Waals surface area contributed by atoms with Gasteiger partial charge in [-0.25, -0.2) is 0 Å². The van der Waals surface area contributed by atoms with Gasteiger partial charge in [-0.15, -0.1) is 4.98 Å². The minimum Gasteiger partial charge on any atom is -0.375 e. The molecule has 6 heteroatoms. The molecule has 0 radical (unpaired) electrons. The molecule has 2 N–H and O–H groups in total. The van der Waals surface area contributed by atoms with Crippen LogP contribution in [0.2, 0.25) is 0 Å². The second kappa shape index (κ2) is 6.27. The monoisotopic (exact) mass is 347 g/mol. The molecule has 5 rings (SSSR count). The molecule has 1 aromatic carbocycles. The summed E-state index contributed by atoms with van der Waals surface area (Å²) < 4.78 is 5.86. The third-order valence-electron chi connectivity index (χ3n) is 5.64. The highest BCUT2D eigenvalue weighted by atomic mass is 16.5. The maximum Gasteiger partial charge on any atom is 0.269 e. The van der Waals surface area contributed by atoms with Crippen LogP contribution in [-0.4, -0.2) is 37.3 Å². The zero-order valence-corrected chi connectivity index (χ0v) is 14.5. The van der Waals surface area contributed by atoms with E-state index in [2.05, 4.69) is 37.5 Å². The van der Waals surface area contributed by atoms with E-state index >= 15 is 0 Å². The van der Waals surface area contributed by atoms with Gasteiger partial charge in [0.15, 0.2) is 0 Å². The molecule has 6 nitrogen and oxygen atoms in total. The van der Waals surface area contributed by atoms with Gasteiger partial charge in [-0.3, -0.25) is 0 Å². The van der Waals surface area contributed by atoms with Gasteiger partial charge < -0.3 is 25.1 Å². The van der Waals surface area contributed by atoms with Gasteiger partial charge in [0.1, 0.15) is 6.20 Å². The van der Waals surface area contributed by atoms with E-state index in [0.717, 1.165) is 37.6 Å². The third-order valence-corrected chi connectivity index (χ3v) is 5.64. The fourth-order valence-corrected chi connectivity index (χ4v) is 4.55. The molecule has 0 saturated carbocycles. The van der Waals surface area contributed by atoms with Crippen LogP contribution in [0.5, 0.6) is 0 Å². The van der Waals surface area contributed by atoms with Crippen LogP contribution in [0, 0.1) is 6.57 Å². The maximum atomic E-state index is 7.02. The largest absolute Gasteiger partial charge is 0.375 e. The molecular formula is C20H21N5O. The smallest absolute Gasteiger partial charge is 0.269 e. The molecule has 2 aromatic rings. The molecule has 1 fully saturated rings. The number of rotatable bonds is 2. The van der Waals surface area contributed by atoms with Crippen molar-refractivity contribution in [3.8, 4) is 0 Å². The Morgan fingerprint density at radius 1 is 1.31 bits per heavy atom. The van der Waals surface area contributed by atoms with Crippen molar-refractivity contribution >= 4 is 22.9 Å². The molecule has 0 bridgehead atoms. The molecule has 3 aliphatic heterocycles. The summed E-state index contributed by atoms with van der Waals surface area (Å²) in [7, 11) is 0. The van der Waals surface area contributed by atoms with Crippen LogP contribution in [-0.2, 0) is 11.3 Å². The van der Waals surface area contributed by atoms with Crippen molar-refractivity contribution in [2.24, 2.45) is 0 Å². The van der Waals surface area contributed by atoms with Crippen molar-refractivity contribution in [1.29, 1.82) is 0 Å². The van der Waals surface area contributed by atoms with Gasteiger partial charge in [0, 0.05) is 42.0 Å². The minimum atomic E-state index is 0.413. The number of hydrogen-bond acceptors (Lipinski definition) is 5. The number of aromatic nitrogens is 1. The van der Waals surface area contributed by atoms with Crippen LogP contribution >= 0.6 is 0 Å². The van der Waals surface area contributed by atoms with Gasteiger partial charge in [-0.1, -0.05) is 6.57 Å². The first kappa shape index (κ1) is 15.6. The lowest BCUT2D eigenvalue weighted by Crippen LogP contribution is -2.44. The Balaban J connectivity index is 1.53. The molecule has 0 aliphatic carbocycles. The van der Waals surface area contributed by atoms with Gasteiger partial charge in [-0.2, -0.15) is 0 Å². The van der Waals surface area contributed by atoms with Crippen molar-refractivity contribution in [3.63, 3.8) is 0 Å². The molecule has 1 aromatic heterocycles. The van der Waals surface area contributed by atoms with Gasteiger partial charge in [0.25, 0.3) is 5.82 Å². The zero-order chi connectivity index (χ0) is 17.5. The van der Waals surface area contributed by atoms with Crippen LogP contribution in [0.3, 0.4) is 0 Å². The third kappa shape index (κ3) is 2.52. The molecule has 0 amide bonds. The lowest BCUT2D eigenvalue weighted by molar-refractivity contribution is 0.130. The van der Waals surface area contributed by atoms with E-state index in [0.29, 0.717) is 24.4 Å². The van der Waals surface area contributed by atoms with Crippen LogP contribution in [0.4, 0.5) is 22.9 Å². The van der Waals surface area contributed by atoms with Crippen LogP contribution < -0.4 is 15.5 Å². The number of nitrogens with one attached hydrogen (secondary N) is 2. The number of hydrogen-bond donors (Lipinski definition) is 2. The van der Waals surface area contributed by atoms with E-state index in [1.54, 1.807) is 12.3 Å². The predicted molar refractivity (Wildman–Crippen MR) is 101 cm³/mol. The quantitative estimate of drug-likeness (QED) is 0.818. The zero-order valence-electron chi connectivity index (χ0n) is 14.5. The van der Waals surface area contributed by atoms with Crippen molar-refractivity contribution in [2.45, 2.75) is 25.0 Å². The van der Waals surface area contributed by atoms with Crippen molar-refractivity contribution in [2.75, 3.05) is 36.5 Å². The number of piperidine rings is 1. The van der Waals surface area contributed by atoms with Gasteiger partial charge in [-0.05, 0) is 42.8 Å². The molecule has 3 aliphatic rings. The summed E-state index contributed by atoms with van der Waals surface area (Å²) in [4.78, 5) is 10.1. The molecule has 0 spiro atoms. The number of fused-ring (bicyclic) bond motifs is 3. The molecule has 2 atom stereocenters. The van der Waals surface area contributed by atoms with Gasteiger partial charge >= 0.3 is 0 Å². The lowest BCUT2D eigenvalue weighted by Gasteiger charge is -2.33. The predicted octanol–water partition coefficient (Wildman–Crippen LogP) is 3.17. The van der Waals surface area contributed by atoms with Crippen molar-refractivity contribution in [3.05, 3.63) is 53.0 Å². The van der Waals surface area contributed by atoms with Crippen molar-refractivity contribution in [1.82, 2.24) is 10.3 Å². The fourth-order valence-electron chi connectivity index (χ4n) is 4.55. The van der Waals surface area contributed by atoms with E-state index in [1.165, 1.54) is 23.2 Å². The first-order valence-electron chi connectivity index (χ1n) is 9.16. The summed E-state index contributed by atoms with van der Waals surface area (Å²) in [5.41, 5.74) is 6.05. The Hall–Kier alpha value is -2.62. The Morgan fingerprint density at radius 3 is 3.12 bits per heavy atom. The molecule has 0 unspecified atom stereocenters. The Bertz CT molecular complexity index is 873. The van der Waals surface area contributed by atoms with Gasteiger partial charge in [0.05, 0.1) is 18.9 Å². The Morgan fingerprint density at radius 2 is 2.27 bits per heavy atom. The van der Waals surface area contributed by atoms with E-state index in [1.807, 2.05) is 6.07 Å². The van der Waals surface area contributed by atoms with Crippen molar-refractivity contribution < 1.29 is 4.74 Å². The Kier molecular flexibility index (Phi) is 3.77. The summed E-state index contributed by atoms with van der Waals surface area (Å²) in [6.07, 6.45) is 2.90. The molecule has 1 saturated heterocycles. The molecule has 26 heavy (non-hydrogen) atoms. The topological polar surface area (TPSA) is 53.8 Å². The summed E-state index contributed by atoms with van der Waals surface area (Å²) >= 11 is 0. The van der Waals surface area contributed by atoms with Crippen LogP contribution in [0.1, 0.15) is 23.5 Å². The average Bonchev–Trinajstić information content (AvgIpc) is 2.84. The summed E-state index contributed by atoms with van der Waals surface area (Å²) in [5.74, 6) is 0.955. The summed E-state index contributed by atoms with van der Waals surface area (Å²) in [6, 6.07) is 8.71. The first-order chi connectivity index (χ1) is 12.8. The average molecular weight is 347 g/mol. The molecule has 4 heterocycles.